The molecule has 0 spiro atoms. The van der Waals surface area contributed by atoms with E-state index in [1.165, 1.54) is 13.3 Å². The van der Waals surface area contributed by atoms with Crippen LogP contribution in [0.3, 0.4) is 0 Å². The number of nitriles is 1. The zero-order valence-corrected chi connectivity index (χ0v) is 9.41. The number of thiocarbonyl (C=S) groups is 1. The third kappa shape index (κ3) is 3.22. The van der Waals surface area contributed by atoms with E-state index in [9.17, 15) is 0 Å². The van der Waals surface area contributed by atoms with E-state index >= 15 is 0 Å². The van der Waals surface area contributed by atoms with Gasteiger partial charge in [-0.25, -0.2) is 0 Å². The van der Waals surface area contributed by atoms with Crippen molar-refractivity contribution in [3.8, 4) is 11.8 Å². The summed E-state index contributed by atoms with van der Waals surface area (Å²) >= 11 is 4.58. The van der Waals surface area contributed by atoms with Gasteiger partial charge in [-0.15, -0.1) is 0 Å². The number of hydrogen-bond acceptors (Lipinski definition) is 4. The van der Waals surface area contributed by atoms with Crippen molar-refractivity contribution in [2.75, 3.05) is 7.11 Å². The van der Waals surface area contributed by atoms with E-state index in [4.69, 9.17) is 15.7 Å². The van der Waals surface area contributed by atoms with Crippen LogP contribution in [-0.4, -0.2) is 18.4 Å². The highest BCUT2D eigenvalue weighted by Crippen LogP contribution is 2.17. The zero-order valence-electron chi connectivity index (χ0n) is 8.60. The number of benzene rings is 1. The molecule has 0 radical (unpaired) electrons. The summed E-state index contributed by atoms with van der Waals surface area (Å²) in [7, 11) is 1.51. The lowest BCUT2D eigenvalue weighted by molar-refractivity contribution is 0.413. The van der Waals surface area contributed by atoms with Crippen LogP contribution in [0.15, 0.2) is 23.3 Å². The van der Waals surface area contributed by atoms with Crippen LogP contribution in [0.1, 0.15) is 11.1 Å². The fourth-order valence-corrected chi connectivity index (χ4v) is 1.12. The molecule has 0 aromatic heterocycles. The van der Waals surface area contributed by atoms with Crippen molar-refractivity contribution in [1.82, 2.24) is 5.43 Å². The summed E-state index contributed by atoms with van der Waals surface area (Å²) in [4.78, 5) is 0. The molecular weight excluding hydrogens is 224 g/mol. The lowest BCUT2D eigenvalue weighted by Gasteiger charge is -2.02. The summed E-state index contributed by atoms with van der Waals surface area (Å²) < 4.78 is 5.01. The number of nitrogens with one attached hydrogen (secondary N) is 1. The molecule has 0 bridgehead atoms. The van der Waals surface area contributed by atoms with Crippen LogP contribution in [0.25, 0.3) is 0 Å². The summed E-state index contributed by atoms with van der Waals surface area (Å²) in [6.45, 7) is 0. The highest BCUT2D eigenvalue weighted by atomic mass is 32.1. The van der Waals surface area contributed by atoms with Gasteiger partial charge in [-0.3, -0.25) is 5.43 Å². The maximum absolute atomic E-state index is 8.86. The van der Waals surface area contributed by atoms with E-state index in [-0.39, 0.29) is 5.11 Å². The third-order valence-electron chi connectivity index (χ3n) is 1.73. The fraction of sp³-hybridized carbons (Fsp3) is 0.100. The molecular formula is C10H10N4OS. The van der Waals surface area contributed by atoms with E-state index in [1.54, 1.807) is 18.2 Å². The Labute approximate surface area is 98.5 Å². The fourth-order valence-electron chi connectivity index (χ4n) is 1.06. The van der Waals surface area contributed by atoms with Crippen molar-refractivity contribution >= 4 is 23.5 Å². The molecule has 1 rings (SSSR count). The minimum Gasteiger partial charge on any atom is -0.495 e. The van der Waals surface area contributed by atoms with Gasteiger partial charge in [0.1, 0.15) is 11.8 Å². The van der Waals surface area contributed by atoms with Crippen LogP contribution < -0.4 is 15.9 Å². The summed E-state index contributed by atoms with van der Waals surface area (Å²) in [5.74, 6) is 0.530. The SMILES string of the molecule is COc1ccc(C=NNC(N)=S)cc1C#N. The van der Waals surface area contributed by atoms with E-state index in [0.717, 1.165) is 5.56 Å². The van der Waals surface area contributed by atoms with E-state index in [0.29, 0.717) is 11.3 Å². The first kappa shape index (κ1) is 11.9. The minimum atomic E-state index is 0.0882. The van der Waals surface area contributed by atoms with Gasteiger partial charge >= 0.3 is 0 Å². The van der Waals surface area contributed by atoms with Gasteiger partial charge in [0.2, 0.25) is 0 Å². The van der Waals surface area contributed by atoms with Gasteiger partial charge < -0.3 is 10.5 Å². The molecule has 0 saturated carbocycles. The first-order valence-corrected chi connectivity index (χ1v) is 4.75. The quantitative estimate of drug-likeness (QED) is 0.457. The lowest BCUT2D eigenvalue weighted by atomic mass is 10.1. The molecule has 0 aliphatic carbocycles. The molecule has 0 aliphatic rings. The maximum Gasteiger partial charge on any atom is 0.184 e. The monoisotopic (exact) mass is 234 g/mol. The topological polar surface area (TPSA) is 83.4 Å². The molecule has 0 atom stereocenters. The number of ether oxygens (including phenoxy) is 1. The molecule has 1 aromatic rings. The number of nitrogens with two attached hydrogens (primary N) is 1. The van der Waals surface area contributed by atoms with Crippen LogP contribution in [0.5, 0.6) is 5.75 Å². The Morgan fingerprint density at radius 2 is 2.44 bits per heavy atom. The van der Waals surface area contributed by atoms with Crippen molar-refractivity contribution in [2.45, 2.75) is 0 Å². The maximum atomic E-state index is 8.86. The average Bonchev–Trinajstić information content (AvgIpc) is 2.28. The van der Waals surface area contributed by atoms with Crippen molar-refractivity contribution in [3.05, 3.63) is 29.3 Å². The van der Waals surface area contributed by atoms with Crippen LogP contribution in [-0.2, 0) is 0 Å². The normalized spacial score (nSPS) is 9.75. The second-order valence-corrected chi connectivity index (χ2v) is 3.25. The van der Waals surface area contributed by atoms with Gasteiger partial charge in [-0.1, -0.05) is 0 Å². The number of hydrazone groups is 1. The molecule has 82 valence electrons. The molecule has 16 heavy (non-hydrogen) atoms. The third-order valence-corrected chi connectivity index (χ3v) is 1.82. The number of hydrogen-bond donors (Lipinski definition) is 2. The van der Waals surface area contributed by atoms with Gasteiger partial charge in [0, 0.05) is 0 Å². The van der Waals surface area contributed by atoms with Gasteiger partial charge in [0.25, 0.3) is 0 Å². The van der Waals surface area contributed by atoms with Gasteiger partial charge in [0.05, 0.1) is 18.9 Å². The first-order chi connectivity index (χ1) is 7.67. The van der Waals surface area contributed by atoms with Crippen molar-refractivity contribution in [2.24, 2.45) is 10.8 Å². The van der Waals surface area contributed by atoms with Crippen molar-refractivity contribution in [1.29, 1.82) is 5.26 Å². The molecule has 1 aromatic carbocycles. The molecule has 0 saturated heterocycles. The predicted molar refractivity (Wildman–Crippen MR) is 65.2 cm³/mol. The number of nitrogens with zero attached hydrogens (tertiary/aromatic N) is 2. The highest BCUT2D eigenvalue weighted by molar-refractivity contribution is 7.80. The Kier molecular flexibility index (Phi) is 4.24. The first-order valence-electron chi connectivity index (χ1n) is 4.34. The standard InChI is InChI=1S/C10H10N4OS/c1-15-9-3-2-7(4-8(9)5-11)6-13-14-10(12)16/h2-4,6H,1H3,(H3,12,14,16). The van der Waals surface area contributed by atoms with Crippen LogP contribution in [0.4, 0.5) is 0 Å². The largest absolute Gasteiger partial charge is 0.495 e. The van der Waals surface area contributed by atoms with E-state index < -0.39 is 0 Å². The molecule has 0 heterocycles. The second kappa shape index (κ2) is 5.68. The smallest absolute Gasteiger partial charge is 0.184 e. The summed E-state index contributed by atoms with van der Waals surface area (Å²) in [5.41, 5.74) is 8.81. The van der Waals surface area contributed by atoms with Crippen LogP contribution in [0.2, 0.25) is 0 Å². The van der Waals surface area contributed by atoms with Gasteiger partial charge in [0.15, 0.2) is 5.11 Å². The minimum absolute atomic E-state index is 0.0882. The van der Waals surface area contributed by atoms with Crippen LogP contribution >= 0.6 is 12.2 Å². The Bertz CT molecular complexity index is 464. The zero-order chi connectivity index (χ0) is 12.0. The van der Waals surface area contributed by atoms with E-state index in [2.05, 4.69) is 22.7 Å². The predicted octanol–water partition coefficient (Wildman–Crippen LogP) is 0.734. The molecule has 6 heteroatoms. The molecule has 0 unspecified atom stereocenters. The number of methoxy groups -OCH3 is 1. The van der Waals surface area contributed by atoms with Crippen molar-refractivity contribution in [3.63, 3.8) is 0 Å². The average molecular weight is 234 g/mol. The highest BCUT2D eigenvalue weighted by Gasteiger charge is 2.01. The Morgan fingerprint density at radius 1 is 1.69 bits per heavy atom. The summed E-state index contributed by atoms with van der Waals surface area (Å²) in [6, 6.07) is 7.15. The Morgan fingerprint density at radius 3 is 3.00 bits per heavy atom. The summed E-state index contributed by atoms with van der Waals surface area (Å²) in [5, 5.41) is 12.7. The molecule has 0 aliphatic heterocycles. The second-order valence-electron chi connectivity index (χ2n) is 2.81. The van der Waals surface area contributed by atoms with Gasteiger partial charge in [-0.2, -0.15) is 10.4 Å². The lowest BCUT2D eigenvalue weighted by Crippen LogP contribution is -2.23. The summed E-state index contributed by atoms with van der Waals surface area (Å²) in [6.07, 6.45) is 1.51. The Hall–Kier alpha value is -2.13. The van der Waals surface area contributed by atoms with Crippen molar-refractivity contribution < 1.29 is 4.74 Å². The number of rotatable bonds is 3. The van der Waals surface area contributed by atoms with Crippen LogP contribution in [0, 0.1) is 11.3 Å². The molecule has 3 N–H and O–H groups in total. The van der Waals surface area contributed by atoms with E-state index in [1.807, 2.05) is 6.07 Å². The Balaban J connectivity index is 2.88. The molecule has 0 amide bonds. The van der Waals surface area contributed by atoms with Gasteiger partial charge in [-0.05, 0) is 36.0 Å². The molecule has 5 nitrogen and oxygen atoms in total. The molecule has 0 fully saturated rings.